The van der Waals surface area contributed by atoms with Gasteiger partial charge in [-0.25, -0.2) is 0 Å². The summed E-state index contributed by atoms with van der Waals surface area (Å²) in [6.07, 6.45) is 1.27. The molecule has 0 saturated heterocycles. The van der Waals surface area contributed by atoms with Crippen LogP contribution in [0.2, 0.25) is 5.02 Å². The fourth-order valence-corrected chi connectivity index (χ4v) is 2.82. The van der Waals surface area contributed by atoms with E-state index in [1.807, 2.05) is 6.07 Å². The minimum absolute atomic E-state index is 0.127. The van der Waals surface area contributed by atoms with Crippen LogP contribution in [0, 0.1) is 21.4 Å². The minimum Gasteiger partial charge on any atom is -0.496 e. The number of amides is 1. The molecule has 3 rings (SSSR count). The normalized spacial score (nSPS) is 10.9. The maximum Gasteiger partial charge on any atom is 0.270 e. The molecule has 1 heterocycles. The summed E-state index contributed by atoms with van der Waals surface area (Å²) in [4.78, 5) is 22.9. The van der Waals surface area contributed by atoms with Gasteiger partial charge in [0.25, 0.3) is 11.6 Å². The molecular weight excluding hydrogens is 410 g/mol. The Hall–Kier alpha value is -4.09. The van der Waals surface area contributed by atoms with Gasteiger partial charge in [0, 0.05) is 28.9 Å². The van der Waals surface area contributed by atoms with Gasteiger partial charge in [-0.15, -0.1) is 0 Å². The van der Waals surface area contributed by atoms with Gasteiger partial charge < -0.3 is 14.5 Å². The number of furan rings is 1. The number of carbonyl (C=O) groups excluding carboxylic acids is 1. The van der Waals surface area contributed by atoms with Crippen molar-refractivity contribution in [1.82, 2.24) is 0 Å². The number of hydrogen-bond donors (Lipinski definition) is 1. The zero-order chi connectivity index (χ0) is 21.7. The molecule has 0 aliphatic rings. The lowest BCUT2D eigenvalue weighted by Crippen LogP contribution is -2.13. The first-order chi connectivity index (χ1) is 14.4. The number of nitrogens with zero attached hydrogens (tertiary/aromatic N) is 2. The Morgan fingerprint density at radius 3 is 2.73 bits per heavy atom. The second kappa shape index (κ2) is 8.94. The fourth-order valence-electron chi connectivity index (χ4n) is 2.63. The number of benzene rings is 2. The molecule has 0 aliphatic heterocycles. The number of nitro benzene ring substituents is 1. The number of non-ortho nitro benzene ring substituents is 1. The van der Waals surface area contributed by atoms with Crippen LogP contribution in [-0.2, 0) is 4.79 Å². The molecule has 1 aromatic heterocycles. The average Bonchev–Trinajstić information content (AvgIpc) is 3.19. The Morgan fingerprint density at radius 2 is 2.07 bits per heavy atom. The van der Waals surface area contributed by atoms with Crippen molar-refractivity contribution in [3.63, 3.8) is 0 Å². The van der Waals surface area contributed by atoms with Crippen molar-refractivity contribution < 1.29 is 18.9 Å². The van der Waals surface area contributed by atoms with Crippen LogP contribution in [0.5, 0.6) is 5.75 Å². The molecule has 3 aromatic rings. The molecule has 0 saturated carbocycles. The third-order valence-corrected chi connectivity index (χ3v) is 4.26. The molecule has 0 radical (unpaired) electrons. The van der Waals surface area contributed by atoms with E-state index in [1.165, 1.54) is 37.5 Å². The SMILES string of the molecule is COc1ccc([N+](=O)[O-])cc1-c1ccc(/C=C(\C#N)C(=O)Nc2cccc(Cl)c2)o1. The number of anilines is 1. The van der Waals surface area contributed by atoms with E-state index in [0.717, 1.165) is 0 Å². The van der Waals surface area contributed by atoms with Gasteiger partial charge in [-0.1, -0.05) is 17.7 Å². The van der Waals surface area contributed by atoms with E-state index in [4.69, 9.17) is 20.8 Å². The molecule has 0 fully saturated rings. The number of methoxy groups -OCH3 is 1. The van der Waals surface area contributed by atoms with E-state index < -0.39 is 10.8 Å². The Labute approximate surface area is 176 Å². The molecule has 30 heavy (non-hydrogen) atoms. The highest BCUT2D eigenvalue weighted by molar-refractivity contribution is 6.31. The average molecular weight is 424 g/mol. The summed E-state index contributed by atoms with van der Waals surface area (Å²) in [6, 6.07) is 15.5. The van der Waals surface area contributed by atoms with Crippen molar-refractivity contribution in [2.24, 2.45) is 0 Å². The van der Waals surface area contributed by atoms with Crippen LogP contribution in [0.1, 0.15) is 5.76 Å². The molecule has 0 spiro atoms. The van der Waals surface area contributed by atoms with Crippen molar-refractivity contribution in [3.05, 3.63) is 81.1 Å². The number of nitriles is 1. The van der Waals surface area contributed by atoms with Gasteiger partial charge in [-0.2, -0.15) is 5.26 Å². The van der Waals surface area contributed by atoms with Crippen molar-refractivity contribution in [2.75, 3.05) is 12.4 Å². The molecule has 9 heteroatoms. The minimum atomic E-state index is -0.634. The van der Waals surface area contributed by atoms with Gasteiger partial charge in [0.15, 0.2) is 0 Å². The Bertz CT molecular complexity index is 1190. The summed E-state index contributed by atoms with van der Waals surface area (Å²) in [6.45, 7) is 0. The maximum atomic E-state index is 12.4. The number of nitrogens with one attached hydrogen (secondary N) is 1. The van der Waals surface area contributed by atoms with Crippen molar-refractivity contribution in [2.45, 2.75) is 0 Å². The van der Waals surface area contributed by atoms with E-state index in [0.29, 0.717) is 22.0 Å². The van der Waals surface area contributed by atoms with Crippen LogP contribution in [0.15, 0.2) is 64.6 Å². The van der Waals surface area contributed by atoms with E-state index >= 15 is 0 Å². The highest BCUT2D eigenvalue weighted by Gasteiger charge is 2.17. The highest BCUT2D eigenvalue weighted by Crippen LogP contribution is 2.34. The van der Waals surface area contributed by atoms with Gasteiger partial charge in [0.05, 0.1) is 17.6 Å². The lowest BCUT2D eigenvalue weighted by atomic mass is 10.1. The molecular formula is C21H14ClN3O5. The topological polar surface area (TPSA) is 118 Å². The standard InChI is InChI=1S/C21H14ClN3O5/c1-29-19-7-5-16(25(27)28)11-18(19)20-8-6-17(30-20)9-13(12-23)21(26)24-15-4-2-3-14(22)10-15/h2-11H,1H3,(H,24,26)/b13-9+. The third-order valence-electron chi connectivity index (χ3n) is 4.02. The first kappa shape index (κ1) is 20.6. The number of carbonyl (C=O) groups is 1. The molecule has 0 unspecified atom stereocenters. The van der Waals surface area contributed by atoms with Gasteiger partial charge in [0.2, 0.25) is 0 Å². The van der Waals surface area contributed by atoms with E-state index in [-0.39, 0.29) is 22.8 Å². The van der Waals surface area contributed by atoms with E-state index in [2.05, 4.69) is 5.32 Å². The monoisotopic (exact) mass is 423 g/mol. The summed E-state index contributed by atoms with van der Waals surface area (Å²) in [7, 11) is 1.43. The summed E-state index contributed by atoms with van der Waals surface area (Å²) in [5.74, 6) is 0.251. The van der Waals surface area contributed by atoms with Gasteiger partial charge in [-0.05, 0) is 36.4 Å². The Balaban J connectivity index is 1.88. The highest BCUT2D eigenvalue weighted by atomic mass is 35.5. The molecule has 150 valence electrons. The number of rotatable bonds is 6. The molecule has 1 amide bonds. The predicted octanol–water partition coefficient (Wildman–Crippen LogP) is 5.06. The Morgan fingerprint density at radius 1 is 1.27 bits per heavy atom. The van der Waals surface area contributed by atoms with Crippen LogP contribution < -0.4 is 10.1 Å². The van der Waals surface area contributed by atoms with Gasteiger partial charge >= 0.3 is 0 Å². The van der Waals surface area contributed by atoms with Crippen LogP contribution in [0.3, 0.4) is 0 Å². The number of nitro groups is 1. The molecule has 8 nitrogen and oxygen atoms in total. The molecule has 0 atom stereocenters. The fraction of sp³-hybridized carbons (Fsp3) is 0.0476. The van der Waals surface area contributed by atoms with Crippen molar-refractivity contribution in [3.8, 4) is 23.1 Å². The smallest absolute Gasteiger partial charge is 0.270 e. The molecule has 0 bridgehead atoms. The van der Waals surface area contributed by atoms with E-state index in [1.54, 1.807) is 30.3 Å². The Kier molecular flexibility index (Phi) is 6.15. The second-order valence-corrected chi connectivity index (χ2v) is 6.41. The zero-order valence-corrected chi connectivity index (χ0v) is 16.3. The van der Waals surface area contributed by atoms with Gasteiger partial charge in [-0.3, -0.25) is 14.9 Å². The number of hydrogen-bond acceptors (Lipinski definition) is 6. The molecule has 0 aliphatic carbocycles. The van der Waals surface area contributed by atoms with Gasteiger partial charge in [0.1, 0.15) is 28.9 Å². The van der Waals surface area contributed by atoms with Crippen molar-refractivity contribution in [1.29, 1.82) is 5.26 Å². The summed E-state index contributed by atoms with van der Waals surface area (Å²) in [5.41, 5.74) is 0.489. The first-order valence-electron chi connectivity index (χ1n) is 8.52. The van der Waals surface area contributed by atoms with Crippen LogP contribution in [0.4, 0.5) is 11.4 Å². The largest absolute Gasteiger partial charge is 0.496 e. The lowest BCUT2D eigenvalue weighted by molar-refractivity contribution is -0.384. The lowest BCUT2D eigenvalue weighted by Gasteiger charge is -2.06. The van der Waals surface area contributed by atoms with Crippen LogP contribution in [0.25, 0.3) is 17.4 Å². The quantitative estimate of drug-likeness (QED) is 0.256. The first-order valence-corrected chi connectivity index (χ1v) is 8.90. The predicted molar refractivity (Wildman–Crippen MR) is 111 cm³/mol. The van der Waals surface area contributed by atoms with Crippen LogP contribution >= 0.6 is 11.6 Å². The number of halogens is 1. The maximum absolute atomic E-state index is 12.4. The van der Waals surface area contributed by atoms with Crippen LogP contribution in [-0.4, -0.2) is 17.9 Å². The molecule has 1 N–H and O–H groups in total. The van der Waals surface area contributed by atoms with E-state index in [9.17, 15) is 20.2 Å². The second-order valence-electron chi connectivity index (χ2n) is 5.98. The number of ether oxygens (including phenoxy) is 1. The van der Waals surface area contributed by atoms with Crippen molar-refractivity contribution >= 4 is 35.0 Å². The third kappa shape index (κ3) is 4.66. The zero-order valence-electron chi connectivity index (χ0n) is 15.6. The molecule has 2 aromatic carbocycles. The summed E-state index contributed by atoms with van der Waals surface area (Å²) >= 11 is 5.89. The summed E-state index contributed by atoms with van der Waals surface area (Å²) < 4.78 is 10.9. The summed E-state index contributed by atoms with van der Waals surface area (Å²) in [5, 5.41) is 23.4.